The Balaban J connectivity index is 1.05. The lowest BCUT2D eigenvalue weighted by atomic mass is 9.44. The number of aliphatic carboxylic acids is 1. The maximum Gasteiger partial charge on any atom is 0.408 e. The number of carboxylic acid groups (broad SMARTS) is 1. The van der Waals surface area contributed by atoms with E-state index in [2.05, 4.69) is 31.9 Å². The second kappa shape index (κ2) is 28.1. The summed E-state index contributed by atoms with van der Waals surface area (Å²) >= 11 is 0. The van der Waals surface area contributed by atoms with Gasteiger partial charge in [0.1, 0.15) is 36.9 Å². The molecular weight excluding hydrogens is 1120 g/mol. The lowest BCUT2D eigenvalue weighted by Crippen LogP contribution is -2.71. The van der Waals surface area contributed by atoms with Crippen molar-refractivity contribution in [3.8, 4) is 0 Å². The van der Waals surface area contributed by atoms with Crippen LogP contribution in [0, 0.1) is 34.5 Å². The zero-order valence-electron chi connectivity index (χ0n) is 48.9. The van der Waals surface area contributed by atoms with Crippen molar-refractivity contribution < 1.29 is 91.0 Å². The number of carboxylic acids is 1. The minimum Gasteiger partial charge on any atom is -0.481 e. The van der Waals surface area contributed by atoms with E-state index in [0.29, 0.717) is 18.4 Å². The van der Waals surface area contributed by atoms with Crippen molar-refractivity contribution in [3.05, 3.63) is 53.6 Å². The van der Waals surface area contributed by atoms with E-state index in [1.54, 1.807) is 34.6 Å². The van der Waals surface area contributed by atoms with Gasteiger partial charge >= 0.3 is 24.1 Å². The minimum atomic E-state index is -2.45. The molecule has 13 N–H and O–H groups in total. The Hall–Kier alpha value is -6.94. The van der Waals surface area contributed by atoms with Gasteiger partial charge in [-0.15, -0.1) is 0 Å². The number of aliphatic hydroxyl groups excluding tert-OH is 2. The van der Waals surface area contributed by atoms with Crippen molar-refractivity contribution in [1.82, 2.24) is 26.6 Å². The molecule has 27 heteroatoms. The maximum atomic E-state index is 18.0. The number of rotatable bonds is 28. The molecule has 0 bridgehead atoms. The molecule has 0 spiro atoms. The van der Waals surface area contributed by atoms with E-state index in [9.17, 15) is 58.2 Å². The highest BCUT2D eigenvalue weighted by atomic mass is 19.1. The summed E-state index contributed by atoms with van der Waals surface area (Å²) in [4.78, 5) is 130. The van der Waals surface area contributed by atoms with Gasteiger partial charge in [-0.05, 0) is 111 Å². The first-order valence-electron chi connectivity index (χ1n) is 28.8. The zero-order chi connectivity index (χ0) is 62.9. The predicted octanol–water partition coefficient (Wildman–Crippen LogP) is 2.33. The van der Waals surface area contributed by atoms with Gasteiger partial charge in [0, 0.05) is 35.4 Å². The number of primary amides is 1. The van der Waals surface area contributed by atoms with E-state index in [4.69, 9.17) is 35.5 Å². The van der Waals surface area contributed by atoms with Gasteiger partial charge in [-0.25, -0.2) is 23.2 Å². The van der Waals surface area contributed by atoms with Gasteiger partial charge in [0.05, 0.1) is 24.9 Å². The Morgan fingerprint density at radius 2 is 1.55 bits per heavy atom. The molecular formula is C58H82F2N8O17. The molecule has 25 nitrogen and oxygen atoms in total. The van der Waals surface area contributed by atoms with Crippen molar-refractivity contribution in [2.75, 3.05) is 25.1 Å². The lowest BCUT2D eigenvalue weighted by Gasteiger charge is -2.63. The van der Waals surface area contributed by atoms with Crippen LogP contribution in [0.3, 0.4) is 0 Å². The number of carbonyl (C=O) groups excluding carboxylic acids is 9. The van der Waals surface area contributed by atoms with Crippen LogP contribution in [0.4, 0.5) is 24.1 Å². The number of ketones is 2. The number of ether oxygens (including phenoxy) is 4. The molecule has 85 heavy (non-hydrogen) atoms. The number of halogens is 2. The molecule has 1 aromatic carbocycles. The molecule has 3 saturated carbocycles. The van der Waals surface area contributed by atoms with Crippen LogP contribution in [0.25, 0.3) is 0 Å². The van der Waals surface area contributed by atoms with Gasteiger partial charge in [0.2, 0.25) is 29.4 Å². The van der Waals surface area contributed by atoms with Crippen LogP contribution in [-0.2, 0) is 63.9 Å². The number of urea groups is 1. The number of anilines is 1. The van der Waals surface area contributed by atoms with Gasteiger partial charge in [-0.1, -0.05) is 66.2 Å². The first kappa shape index (κ1) is 67.2. The van der Waals surface area contributed by atoms with Crippen molar-refractivity contribution in [2.24, 2.45) is 46.0 Å². The summed E-state index contributed by atoms with van der Waals surface area (Å²) in [5.74, 6) is -9.32. The summed E-state index contributed by atoms with van der Waals surface area (Å²) in [5, 5.41) is 46.1. The van der Waals surface area contributed by atoms with Crippen LogP contribution >= 0.6 is 0 Å². The van der Waals surface area contributed by atoms with E-state index in [1.165, 1.54) is 43.3 Å². The quantitative estimate of drug-likeness (QED) is 0.0424. The topological polar surface area (TPSA) is 393 Å². The lowest BCUT2D eigenvalue weighted by molar-refractivity contribution is -0.235. The number of carbonyl (C=O) groups is 10. The van der Waals surface area contributed by atoms with Crippen molar-refractivity contribution in [3.63, 3.8) is 0 Å². The highest BCUT2D eigenvalue weighted by molar-refractivity contribution is 6.02. The molecule has 5 aliphatic rings. The largest absolute Gasteiger partial charge is 0.481 e. The fourth-order valence-corrected chi connectivity index (χ4v) is 12.9. The van der Waals surface area contributed by atoms with E-state index >= 15 is 8.78 Å². The number of hydrogen-bond acceptors (Lipinski definition) is 17. The number of amides is 7. The van der Waals surface area contributed by atoms with Gasteiger partial charge in [0.15, 0.2) is 29.9 Å². The second-order valence-corrected chi connectivity index (χ2v) is 23.9. The third-order valence-corrected chi connectivity index (χ3v) is 17.3. The van der Waals surface area contributed by atoms with E-state index < -0.39 is 167 Å². The maximum absolute atomic E-state index is 18.0. The second-order valence-electron chi connectivity index (χ2n) is 23.9. The number of alkyl halides is 2. The monoisotopic (exact) mass is 1200 g/mol. The van der Waals surface area contributed by atoms with E-state index in [1.807, 2.05) is 6.92 Å². The predicted molar refractivity (Wildman–Crippen MR) is 298 cm³/mol. The smallest absolute Gasteiger partial charge is 0.408 e. The standard InChI is InChI=1S/C58H82F2N8O17/c1-8-10-46-84-44-24-34-35-23-37(59)36-22-33(70)18-19-55(36,6)57(35,60)42(71)25-56(34,7)58(44,85-46)43(72)28-82-52(79)40(21-29(2)3)66-50(77)41(26-69)67-54(81)83-27-31-12-14-32(15-13-31)64-49(76)39(11-9-20-63-53(62)80)65-51(78)47(30(4)5)68-48(75)38(61)16-17-45(73)74/h12-15,18-19,22,29-30,34-35,37-42,44,46-47,69,71H,8-11,16-17,20-21,23-28,61H2,1-7H3,(H,64,76)(H,65,78)(H,66,77)(H,67,81)(H,68,75)(H,73,74)(H3,62,63,80)/t34-,35-,37-,38+,39-,40-,41-,42-,44+,46?,47-,55-,56-,57-,58+/m0/s1. The third kappa shape index (κ3) is 14.7. The first-order chi connectivity index (χ1) is 39.9. The highest BCUT2D eigenvalue weighted by Crippen LogP contribution is 2.72. The molecule has 470 valence electrons. The number of nitrogens with two attached hydrogens (primary N) is 2. The zero-order valence-corrected chi connectivity index (χ0v) is 48.9. The number of fused-ring (bicyclic) bond motifs is 7. The van der Waals surface area contributed by atoms with Gasteiger partial charge in [-0.2, -0.15) is 0 Å². The Bertz CT molecular complexity index is 2750. The number of hydrogen-bond donors (Lipinski definition) is 11. The average Bonchev–Trinajstić information content (AvgIpc) is 1.61. The van der Waals surface area contributed by atoms with Crippen LogP contribution in [0.5, 0.6) is 0 Å². The van der Waals surface area contributed by atoms with Crippen LogP contribution in [0.15, 0.2) is 48.1 Å². The molecule has 7 amide bonds. The molecule has 0 aromatic heterocycles. The fraction of sp³-hybridized carbons (Fsp3) is 0.655. The molecule has 1 aliphatic heterocycles. The SMILES string of the molecule is CCCC1O[C@@H]2C[C@H]3[C@@H]4C[C@H](F)C5=CC(=O)C=C[C@]5(C)[C@@]4(F)[C@@H](O)C[C@]3(C)[C@]2(C(=O)COC(=O)[C@H](CC(C)C)NC(=O)[C@H](CO)NC(=O)OCc2ccc(NC(=O)[C@H](CCCNC(N)=O)NC(=O)[C@@H](NC(=O)[C@H](N)CCC(=O)O)C(C)C)cc2)O1. The summed E-state index contributed by atoms with van der Waals surface area (Å²) < 4.78 is 58.0. The summed E-state index contributed by atoms with van der Waals surface area (Å²) in [6, 6.07) is -1.55. The van der Waals surface area contributed by atoms with Gasteiger partial charge < -0.3 is 77.6 Å². The molecule has 15 atom stereocenters. The van der Waals surface area contributed by atoms with Crippen molar-refractivity contribution in [2.45, 2.75) is 185 Å². The molecule has 6 rings (SSSR count). The summed E-state index contributed by atoms with van der Waals surface area (Å²) in [6.07, 6.45) is -3.02. The van der Waals surface area contributed by atoms with Crippen LogP contribution < -0.4 is 43.4 Å². The highest BCUT2D eigenvalue weighted by Gasteiger charge is 2.80. The molecule has 0 radical (unpaired) electrons. The van der Waals surface area contributed by atoms with Gasteiger partial charge in [0.25, 0.3) is 0 Å². The average molecular weight is 1200 g/mol. The van der Waals surface area contributed by atoms with Gasteiger partial charge in [-0.3, -0.25) is 33.6 Å². The van der Waals surface area contributed by atoms with Crippen molar-refractivity contribution >= 4 is 64.9 Å². The third-order valence-electron chi connectivity index (χ3n) is 17.3. The summed E-state index contributed by atoms with van der Waals surface area (Å²) in [6.45, 7) is 9.65. The molecule has 1 heterocycles. The number of benzene rings is 1. The molecule has 4 aliphatic carbocycles. The van der Waals surface area contributed by atoms with Crippen LogP contribution in [-0.4, -0.2) is 160 Å². The Labute approximate surface area is 491 Å². The Kier molecular flexibility index (Phi) is 22.2. The first-order valence-corrected chi connectivity index (χ1v) is 28.8. The fourth-order valence-electron chi connectivity index (χ4n) is 12.9. The molecule has 1 aromatic rings. The minimum absolute atomic E-state index is 0.00687. The summed E-state index contributed by atoms with van der Waals surface area (Å²) in [7, 11) is 0. The number of alkyl carbamates (subject to hydrolysis) is 1. The number of nitrogens with one attached hydrogen (secondary N) is 6. The van der Waals surface area contributed by atoms with Crippen LogP contribution in [0.1, 0.15) is 118 Å². The normalized spacial score (nSPS) is 29.0. The van der Waals surface area contributed by atoms with Crippen molar-refractivity contribution in [1.29, 1.82) is 0 Å². The number of esters is 1. The molecule has 4 fully saturated rings. The molecule has 1 saturated heterocycles. The number of Topliss-reactive ketones (excluding diaryl/α,β-unsaturated/α-hetero) is 1. The van der Waals surface area contributed by atoms with Crippen LogP contribution in [0.2, 0.25) is 0 Å². The number of aliphatic hydroxyl groups is 2. The van der Waals surface area contributed by atoms with E-state index in [-0.39, 0.29) is 81.7 Å². The Morgan fingerprint density at radius 1 is 0.871 bits per heavy atom. The number of allylic oxidation sites excluding steroid dienone is 4. The summed E-state index contributed by atoms with van der Waals surface area (Å²) in [5.41, 5.74) is 4.22. The molecule has 1 unspecified atom stereocenters. The Morgan fingerprint density at radius 3 is 2.18 bits per heavy atom. The van der Waals surface area contributed by atoms with E-state index in [0.717, 1.165) is 6.08 Å².